The van der Waals surface area contributed by atoms with Crippen LogP contribution in [0.5, 0.6) is 0 Å². The third-order valence-electron chi connectivity index (χ3n) is 3.52. The van der Waals surface area contributed by atoms with Crippen molar-refractivity contribution in [1.82, 2.24) is 9.62 Å². The second-order valence-corrected chi connectivity index (χ2v) is 7.33. The van der Waals surface area contributed by atoms with Gasteiger partial charge in [-0.2, -0.15) is 4.31 Å². The summed E-state index contributed by atoms with van der Waals surface area (Å²) in [6.07, 6.45) is 8.42. The lowest BCUT2D eigenvalue weighted by Crippen LogP contribution is -2.44. The van der Waals surface area contributed by atoms with Gasteiger partial charge in [0.1, 0.15) is 0 Å². The summed E-state index contributed by atoms with van der Waals surface area (Å²) in [7, 11) is -3.30. The molecule has 0 aromatic carbocycles. The number of amides is 1. The summed E-state index contributed by atoms with van der Waals surface area (Å²) in [6.45, 7) is 2.38. The number of hydrogen-bond donors (Lipinski definition) is 1. The van der Waals surface area contributed by atoms with E-state index in [2.05, 4.69) is 5.32 Å². The molecule has 6 heteroatoms. The number of sulfonamides is 1. The van der Waals surface area contributed by atoms with E-state index in [-0.39, 0.29) is 18.5 Å². The van der Waals surface area contributed by atoms with E-state index in [0.717, 1.165) is 44.8 Å². The number of rotatable bonds is 7. The zero-order valence-electron chi connectivity index (χ0n) is 12.0. The zero-order chi connectivity index (χ0) is 14.3. The maximum atomic E-state index is 11.9. The van der Waals surface area contributed by atoms with Gasteiger partial charge in [0.05, 0.1) is 12.8 Å². The highest BCUT2D eigenvalue weighted by Crippen LogP contribution is 2.17. The first-order chi connectivity index (χ1) is 8.93. The largest absolute Gasteiger partial charge is 0.352 e. The van der Waals surface area contributed by atoms with Gasteiger partial charge in [0.25, 0.3) is 0 Å². The fraction of sp³-hybridized carbons (Fsp3) is 0.923. The lowest BCUT2D eigenvalue weighted by atomic mass is 9.95. The molecule has 0 saturated heterocycles. The summed E-state index contributed by atoms with van der Waals surface area (Å²) in [4.78, 5) is 11.9. The van der Waals surface area contributed by atoms with E-state index in [9.17, 15) is 13.2 Å². The molecule has 0 radical (unpaired) electrons. The molecule has 1 N–H and O–H groups in total. The number of nitrogens with zero attached hydrogens (tertiary/aromatic N) is 1. The molecule has 0 unspecified atom stereocenters. The molecule has 0 bridgehead atoms. The van der Waals surface area contributed by atoms with Gasteiger partial charge in [-0.05, 0) is 19.3 Å². The molecule has 1 amide bonds. The SMILES string of the molecule is CCCCN(CC(=O)NC1CCCCC1)S(C)(=O)=O. The van der Waals surface area contributed by atoms with Gasteiger partial charge in [-0.1, -0.05) is 32.6 Å². The van der Waals surface area contributed by atoms with Gasteiger partial charge in [-0.15, -0.1) is 0 Å². The molecule has 1 aliphatic rings. The Kier molecular flexibility index (Phi) is 6.79. The van der Waals surface area contributed by atoms with Crippen LogP contribution < -0.4 is 5.32 Å². The van der Waals surface area contributed by atoms with Crippen molar-refractivity contribution in [3.63, 3.8) is 0 Å². The first-order valence-electron chi connectivity index (χ1n) is 7.18. The third-order valence-corrected chi connectivity index (χ3v) is 4.77. The van der Waals surface area contributed by atoms with Crippen LogP contribution in [0.3, 0.4) is 0 Å². The molecule has 1 saturated carbocycles. The number of nitrogens with one attached hydrogen (secondary N) is 1. The summed E-state index contributed by atoms with van der Waals surface area (Å²) in [6, 6.07) is 0.230. The third kappa shape index (κ3) is 6.38. The fourth-order valence-electron chi connectivity index (χ4n) is 2.38. The first kappa shape index (κ1) is 16.4. The van der Waals surface area contributed by atoms with E-state index in [4.69, 9.17) is 0 Å². The van der Waals surface area contributed by atoms with Gasteiger partial charge >= 0.3 is 0 Å². The van der Waals surface area contributed by atoms with Crippen LogP contribution in [0.25, 0.3) is 0 Å². The highest BCUT2D eigenvalue weighted by Gasteiger charge is 2.21. The van der Waals surface area contributed by atoms with Gasteiger partial charge in [0, 0.05) is 12.6 Å². The van der Waals surface area contributed by atoms with E-state index in [0.29, 0.717) is 6.54 Å². The van der Waals surface area contributed by atoms with Crippen molar-refractivity contribution in [2.75, 3.05) is 19.3 Å². The lowest BCUT2D eigenvalue weighted by molar-refractivity contribution is -0.122. The Hall–Kier alpha value is -0.620. The Balaban J connectivity index is 2.46. The second kappa shape index (κ2) is 7.85. The van der Waals surface area contributed by atoms with E-state index in [1.54, 1.807) is 0 Å². The van der Waals surface area contributed by atoms with Gasteiger partial charge in [-0.25, -0.2) is 8.42 Å². The molecule has 5 nitrogen and oxygen atoms in total. The summed E-state index contributed by atoms with van der Waals surface area (Å²) >= 11 is 0. The quantitative estimate of drug-likeness (QED) is 0.772. The molecule has 1 fully saturated rings. The highest BCUT2D eigenvalue weighted by molar-refractivity contribution is 7.88. The summed E-state index contributed by atoms with van der Waals surface area (Å²) in [5.41, 5.74) is 0. The average molecular weight is 290 g/mol. The predicted octanol–water partition coefficient (Wildman–Crippen LogP) is 1.50. The summed E-state index contributed by atoms with van der Waals surface area (Å²) in [5, 5.41) is 2.95. The van der Waals surface area contributed by atoms with Crippen LogP contribution in [0.15, 0.2) is 0 Å². The van der Waals surface area contributed by atoms with Crippen molar-refractivity contribution < 1.29 is 13.2 Å². The maximum Gasteiger partial charge on any atom is 0.235 e. The van der Waals surface area contributed by atoms with Crippen molar-refractivity contribution in [2.24, 2.45) is 0 Å². The number of unbranched alkanes of at least 4 members (excludes halogenated alkanes) is 1. The van der Waals surface area contributed by atoms with Crippen LogP contribution >= 0.6 is 0 Å². The monoisotopic (exact) mass is 290 g/mol. The normalized spacial score (nSPS) is 17.6. The van der Waals surface area contributed by atoms with Crippen LogP contribution in [0.4, 0.5) is 0 Å². The predicted molar refractivity (Wildman–Crippen MR) is 76.3 cm³/mol. The average Bonchev–Trinajstić information content (AvgIpc) is 2.34. The lowest BCUT2D eigenvalue weighted by Gasteiger charge is -2.25. The topological polar surface area (TPSA) is 66.5 Å². The molecule has 0 atom stereocenters. The molecule has 0 aromatic heterocycles. The molecular weight excluding hydrogens is 264 g/mol. The molecule has 19 heavy (non-hydrogen) atoms. The molecule has 0 heterocycles. The summed E-state index contributed by atoms with van der Waals surface area (Å²) in [5.74, 6) is -0.173. The molecule has 0 aromatic rings. The maximum absolute atomic E-state index is 11.9. The smallest absolute Gasteiger partial charge is 0.235 e. The standard InChI is InChI=1S/C13H26N2O3S/c1-3-4-10-15(19(2,17)18)11-13(16)14-12-8-6-5-7-9-12/h12H,3-11H2,1-2H3,(H,14,16). The molecule has 0 spiro atoms. The number of hydrogen-bond acceptors (Lipinski definition) is 3. The minimum absolute atomic E-state index is 0.0463. The second-order valence-electron chi connectivity index (χ2n) is 5.35. The van der Waals surface area contributed by atoms with E-state index < -0.39 is 10.0 Å². The van der Waals surface area contributed by atoms with Crippen LogP contribution in [0.1, 0.15) is 51.9 Å². The van der Waals surface area contributed by atoms with Crippen molar-refractivity contribution >= 4 is 15.9 Å². The Bertz CT molecular complexity index is 375. The van der Waals surface area contributed by atoms with Crippen LogP contribution in [0, 0.1) is 0 Å². The first-order valence-corrected chi connectivity index (χ1v) is 9.02. The number of carbonyl (C=O) groups is 1. The van der Waals surface area contributed by atoms with Crippen LogP contribution in [-0.4, -0.2) is 44.0 Å². The van der Waals surface area contributed by atoms with Gasteiger partial charge in [0.2, 0.25) is 15.9 Å². The van der Waals surface area contributed by atoms with Crippen molar-refractivity contribution in [1.29, 1.82) is 0 Å². The van der Waals surface area contributed by atoms with E-state index in [1.807, 2.05) is 6.92 Å². The van der Waals surface area contributed by atoms with E-state index >= 15 is 0 Å². The Morgan fingerprint density at radius 3 is 2.42 bits per heavy atom. The Morgan fingerprint density at radius 1 is 1.26 bits per heavy atom. The summed E-state index contributed by atoms with van der Waals surface area (Å²) < 4.78 is 24.5. The number of carbonyl (C=O) groups excluding carboxylic acids is 1. The molecule has 0 aliphatic heterocycles. The van der Waals surface area contributed by atoms with Crippen molar-refractivity contribution in [3.8, 4) is 0 Å². The van der Waals surface area contributed by atoms with Crippen molar-refractivity contribution in [2.45, 2.75) is 57.9 Å². The fourth-order valence-corrected chi connectivity index (χ4v) is 3.19. The van der Waals surface area contributed by atoms with Crippen molar-refractivity contribution in [3.05, 3.63) is 0 Å². The molecule has 1 rings (SSSR count). The molecule has 1 aliphatic carbocycles. The van der Waals surface area contributed by atoms with Gasteiger partial charge in [-0.3, -0.25) is 4.79 Å². The van der Waals surface area contributed by atoms with Crippen LogP contribution in [0.2, 0.25) is 0 Å². The van der Waals surface area contributed by atoms with E-state index in [1.165, 1.54) is 10.7 Å². The Labute approximate surface area is 116 Å². The van der Waals surface area contributed by atoms with Gasteiger partial charge in [0.15, 0.2) is 0 Å². The zero-order valence-corrected chi connectivity index (χ0v) is 12.8. The molecular formula is C13H26N2O3S. The van der Waals surface area contributed by atoms with Gasteiger partial charge < -0.3 is 5.32 Å². The Morgan fingerprint density at radius 2 is 1.89 bits per heavy atom. The minimum Gasteiger partial charge on any atom is -0.352 e. The minimum atomic E-state index is -3.30. The highest BCUT2D eigenvalue weighted by atomic mass is 32.2. The van der Waals surface area contributed by atoms with Crippen LogP contribution in [-0.2, 0) is 14.8 Å². The molecule has 112 valence electrons.